The third-order valence-electron chi connectivity index (χ3n) is 4.99. The summed E-state index contributed by atoms with van der Waals surface area (Å²) in [5.74, 6) is 0.794. The molecule has 0 N–H and O–H groups in total. The van der Waals surface area contributed by atoms with Crippen LogP contribution in [0.25, 0.3) is 17.0 Å². The number of rotatable bonds is 3. The molecule has 134 valence electrons. The van der Waals surface area contributed by atoms with Crippen LogP contribution in [0.15, 0.2) is 42.7 Å². The van der Waals surface area contributed by atoms with Crippen LogP contribution in [0.1, 0.15) is 31.9 Å². The van der Waals surface area contributed by atoms with E-state index >= 15 is 0 Å². The van der Waals surface area contributed by atoms with Gasteiger partial charge in [-0.2, -0.15) is 0 Å². The zero-order valence-corrected chi connectivity index (χ0v) is 14.9. The molecular weight excluding hydrogens is 331 g/mol. The number of halogens is 1. The topological polar surface area (TPSA) is 50.5 Å². The van der Waals surface area contributed by atoms with E-state index in [1.165, 1.54) is 12.1 Å². The van der Waals surface area contributed by atoms with Gasteiger partial charge in [0.25, 0.3) is 0 Å². The Labute approximate surface area is 151 Å². The minimum atomic E-state index is -0.264. The zero-order valence-electron chi connectivity index (χ0n) is 14.9. The van der Waals surface area contributed by atoms with E-state index in [4.69, 9.17) is 0 Å². The molecule has 0 bridgehead atoms. The van der Waals surface area contributed by atoms with E-state index in [1.54, 1.807) is 24.5 Å². The van der Waals surface area contributed by atoms with E-state index in [9.17, 15) is 9.18 Å². The quantitative estimate of drug-likeness (QED) is 0.725. The Hall–Kier alpha value is -2.76. The van der Waals surface area contributed by atoms with Gasteiger partial charge in [0.2, 0.25) is 11.7 Å². The van der Waals surface area contributed by atoms with Crippen molar-refractivity contribution < 1.29 is 9.18 Å². The molecule has 0 saturated carbocycles. The minimum absolute atomic E-state index is 0.00855. The van der Waals surface area contributed by atoms with Gasteiger partial charge in [0.05, 0.1) is 11.9 Å². The molecule has 1 aliphatic heterocycles. The summed E-state index contributed by atoms with van der Waals surface area (Å²) in [5.41, 5.74) is 2.86. The van der Waals surface area contributed by atoms with Crippen LogP contribution >= 0.6 is 0 Å². The maximum absolute atomic E-state index is 13.3. The normalized spacial score (nSPS) is 17.4. The second-order valence-electron chi connectivity index (χ2n) is 7.08. The molecule has 3 heterocycles. The first kappa shape index (κ1) is 16.7. The van der Waals surface area contributed by atoms with Gasteiger partial charge in [0.15, 0.2) is 0 Å². The molecule has 6 heteroatoms. The Morgan fingerprint density at radius 1 is 1.19 bits per heavy atom. The Morgan fingerprint density at radius 3 is 2.69 bits per heavy atom. The molecule has 1 aromatic carbocycles. The van der Waals surface area contributed by atoms with Gasteiger partial charge in [-0.15, -0.1) is 0 Å². The lowest BCUT2D eigenvalue weighted by Gasteiger charge is -2.19. The van der Waals surface area contributed by atoms with Crippen LogP contribution < -0.4 is 0 Å². The molecule has 3 aromatic rings. The summed E-state index contributed by atoms with van der Waals surface area (Å²) in [6, 6.07) is 8.39. The average molecular weight is 352 g/mol. The molecule has 1 atom stereocenters. The summed E-state index contributed by atoms with van der Waals surface area (Å²) >= 11 is 0. The fourth-order valence-electron chi connectivity index (χ4n) is 3.65. The molecule has 26 heavy (non-hydrogen) atoms. The van der Waals surface area contributed by atoms with Gasteiger partial charge in [-0.3, -0.25) is 9.20 Å². The van der Waals surface area contributed by atoms with Crippen LogP contribution in [0.4, 0.5) is 4.39 Å². The molecule has 1 saturated heterocycles. The lowest BCUT2D eigenvalue weighted by molar-refractivity contribution is -0.133. The smallest absolute Gasteiger partial charge is 0.234 e. The second kappa shape index (κ2) is 6.52. The van der Waals surface area contributed by atoms with Crippen LogP contribution in [0.2, 0.25) is 0 Å². The third kappa shape index (κ3) is 2.85. The van der Waals surface area contributed by atoms with E-state index in [0.29, 0.717) is 12.3 Å². The summed E-state index contributed by atoms with van der Waals surface area (Å²) in [7, 11) is 0. The van der Waals surface area contributed by atoms with Crippen molar-refractivity contribution >= 4 is 11.7 Å². The first-order valence-corrected chi connectivity index (χ1v) is 8.91. The van der Waals surface area contributed by atoms with E-state index in [2.05, 4.69) is 9.97 Å². The average Bonchev–Trinajstić information content (AvgIpc) is 3.29. The van der Waals surface area contributed by atoms with E-state index in [-0.39, 0.29) is 23.6 Å². The van der Waals surface area contributed by atoms with E-state index in [0.717, 1.165) is 29.9 Å². The molecule has 1 unspecified atom stereocenters. The van der Waals surface area contributed by atoms with Gasteiger partial charge >= 0.3 is 0 Å². The van der Waals surface area contributed by atoms with Gasteiger partial charge in [0.1, 0.15) is 5.82 Å². The number of carbonyl (C=O) groups excluding carboxylic acids is 1. The Morgan fingerprint density at radius 2 is 1.96 bits per heavy atom. The van der Waals surface area contributed by atoms with Crippen molar-refractivity contribution in [2.45, 2.75) is 26.2 Å². The molecule has 0 spiro atoms. The van der Waals surface area contributed by atoms with Gasteiger partial charge in [0, 0.05) is 42.4 Å². The number of imidazole rings is 1. The lowest BCUT2D eigenvalue weighted by Crippen LogP contribution is -2.32. The molecule has 1 amide bonds. The fraction of sp³-hybridized carbons (Fsp3) is 0.350. The van der Waals surface area contributed by atoms with Crippen LogP contribution in [0, 0.1) is 11.7 Å². The van der Waals surface area contributed by atoms with Crippen molar-refractivity contribution in [1.29, 1.82) is 0 Å². The van der Waals surface area contributed by atoms with E-state index < -0.39 is 0 Å². The number of likely N-dealkylation sites (tertiary alicyclic amines) is 1. The van der Waals surface area contributed by atoms with Crippen LogP contribution in [-0.2, 0) is 4.79 Å². The number of fused-ring (bicyclic) bond motifs is 1. The van der Waals surface area contributed by atoms with Crippen molar-refractivity contribution in [1.82, 2.24) is 19.3 Å². The van der Waals surface area contributed by atoms with E-state index in [1.807, 2.05) is 29.2 Å². The molecule has 1 fully saturated rings. The molecule has 1 aliphatic rings. The Bertz CT molecular complexity index is 948. The predicted molar refractivity (Wildman–Crippen MR) is 97.2 cm³/mol. The van der Waals surface area contributed by atoms with Gasteiger partial charge < -0.3 is 4.90 Å². The van der Waals surface area contributed by atoms with Gasteiger partial charge in [-0.1, -0.05) is 13.8 Å². The molecule has 0 aliphatic carbocycles. The van der Waals surface area contributed by atoms with Gasteiger partial charge in [-0.05, 0) is 36.8 Å². The summed E-state index contributed by atoms with van der Waals surface area (Å²) in [6.45, 7) is 5.34. The molecule has 0 radical (unpaired) electrons. The zero-order chi connectivity index (χ0) is 18.3. The van der Waals surface area contributed by atoms with Crippen LogP contribution in [0.5, 0.6) is 0 Å². The first-order valence-electron chi connectivity index (χ1n) is 8.91. The summed E-state index contributed by atoms with van der Waals surface area (Å²) in [4.78, 5) is 23.0. The fourth-order valence-corrected chi connectivity index (χ4v) is 3.65. The van der Waals surface area contributed by atoms with Crippen molar-refractivity contribution in [2.75, 3.05) is 13.1 Å². The highest BCUT2D eigenvalue weighted by atomic mass is 19.1. The number of amides is 1. The monoisotopic (exact) mass is 352 g/mol. The summed E-state index contributed by atoms with van der Waals surface area (Å²) in [5, 5.41) is 0. The van der Waals surface area contributed by atoms with Crippen LogP contribution in [0.3, 0.4) is 0 Å². The molecular formula is C20H21FN4O. The highest BCUT2D eigenvalue weighted by Gasteiger charge is 2.30. The maximum atomic E-state index is 13.3. The number of benzene rings is 1. The largest absolute Gasteiger partial charge is 0.342 e. The first-order chi connectivity index (χ1) is 12.5. The predicted octanol–water partition coefficient (Wildman–Crippen LogP) is 3.51. The SMILES string of the molecule is CC(C)C(=O)N1CCC(c2ccnc3ncc(-c4ccc(F)cc4)n23)C1. The Balaban J connectivity index is 1.73. The van der Waals surface area contributed by atoms with Gasteiger partial charge in [-0.25, -0.2) is 14.4 Å². The van der Waals surface area contributed by atoms with Crippen molar-refractivity contribution in [3.8, 4) is 11.3 Å². The molecule has 5 nitrogen and oxygen atoms in total. The Kier molecular flexibility index (Phi) is 4.18. The number of hydrogen-bond donors (Lipinski definition) is 0. The summed E-state index contributed by atoms with van der Waals surface area (Å²) < 4.78 is 15.3. The maximum Gasteiger partial charge on any atom is 0.234 e. The highest BCUT2D eigenvalue weighted by molar-refractivity contribution is 5.78. The number of nitrogens with zero attached hydrogens (tertiary/aromatic N) is 4. The molecule has 4 rings (SSSR count). The third-order valence-corrected chi connectivity index (χ3v) is 4.99. The summed E-state index contributed by atoms with van der Waals surface area (Å²) in [6.07, 6.45) is 4.45. The minimum Gasteiger partial charge on any atom is -0.342 e. The van der Waals surface area contributed by atoms with Crippen molar-refractivity contribution in [2.24, 2.45) is 5.92 Å². The van der Waals surface area contributed by atoms with Crippen LogP contribution in [-0.4, -0.2) is 38.3 Å². The number of aromatic nitrogens is 3. The molecule has 2 aromatic heterocycles. The van der Waals surface area contributed by atoms with Crippen molar-refractivity contribution in [3.63, 3.8) is 0 Å². The second-order valence-corrected chi connectivity index (χ2v) is 7.08. The highest BCUT2D eigenvalue weighted by Crippen LogP contribution is 2.31. The lowest BCUT2D eigenvalue weighted by atomic mass is 10.0. The number of carbonyl (C=O) groups is 1. The standard InChI is InChI=1S/C20H21FN4O/c1-13(2)19(26)24-10-8-15(12-24)17-7-9-22-20-23-11-18(25(17)20)14-3-5-16(21)6-4-14/h3-7,9,11,13,15H,8,10,12H2,1-2H3. The number of hydrogen-bond acceptors (Lipinski definition) is 3. The van der Waals surface area contributed by atoms with Crippen molar-refractivity contribution in [3.05, 3.63) is 54.2 Å².